The van der Waals surface area contributed by atoms with Crippen LogP contribution in [0.2, 0.25) is 0 Å². The van der Waals surface area contributed by atoms with Crippen LogP contribution in [-0.4, -0.2) is 40.2 Å². The van der Waals surface area contributed by atoms with Gasteiger partial charge in [0.1, 0.15) is 6.67 Å². The number of alkyl halides is 1. The molecular formula is C13H19FN4O2. The van der Waals surface area contributed by atoms with Gasteiger partial charge >= 0.3 is 0 Å². The summed E-state index contributed by atoms with van der Waals surface area (Å²) in [4.78, 5) is 17.4. The van der Waals surface area contributed by atoms with Crippen molar-refractivity contribution in [3.05, 3.63) is 23.5 Å². The van der Waals surface area contributed by atoms with Gasteiger partial charge in [-0.25, -0.2) is 9.38 Å². The Morgan fingerprint density at radius 3 is 2.80 bits per heavy atom. The monoisotopic (exact) mass is 282 g/mol. The predicted octanol–water partition coefficient (Wildman–Crippen LogP) is 0.729. The standard InChI is InChI=1S/C13H19FN4O2/c1-3-10(19)9-6-8(7-18(9)5-4-14)11-12(20)17(2)13(15)16-11/h6-7,10-11,19H,3-5H2,1-2H3,(H2,15,16)/t10?,11-/m1/s1. The maximum absolute atomic E-state index is 12.6. The van der Waals surface area contributed by atoms with E-state index >= 15 is 0 Å². The number of hydrogen-bond donors (Lipinski definition) is 2. The van der Waals surface area contributed by atoms with Crippen molar-refractivity contribution in [3.8, 4) is 0 Å². The Kier molecular flexibility index (Phi) is 4.08. The maximum Gasteiger partial charge on any atom is 0.258 e. The van der Waals surface area contributed by atoms with Crippen molar-refractivity contribution in [2.24, 2.45) is 10.7 Å². The number of halogens is 1. The number of nitrogens with zero attached hydrogens (tertiary/aromatic N) is 3. The summed E-state index contributed by atoms with van der Waals surface area (Å²) >= 11 is 0. The fourth-order valence-electron chi connectivity index (χ4n) is 2.26. The first-order chi connectivity index (χ1) is 9.49. The molecule has 1 unspecified atom stereocenters. The van der Waals surface area contributed by atoms with Gasteiger partial charge in [-0.3, -0.25) is 9.69 Å². The topological polar surface area (TPSA) is 83.8 Å². The molecule has 2 atom stereocenters. The molecular weight excluding hydrogens is 263 g/mol. The molecule has 1 aromatic rings. The van der Waals surface area contributed by atoms with E-state index in [-0.39, 0.29) is 18.4 Å². The Morgan fingerprint density at radius 1 is 1.60 bits per heavy atom. The van der Waals surface area contributed by atoms with E-state index in [9.17, 15) is 14.3 Å². The zero-order valence-corrected chi connectivity index (χ0v) is 11.6. The third-order valence-electron chi connectivity index (χ3n) is 3.49. The molecule has 2 rings (SSSR count). The summed E-state index contributed by atoms with van der Waals surface area (Å²) in [6.07, 6.45) is 1.48. The number of aryl methyl sites for hydroxylation is 1. The number of amides is 1. The van der Waals surface area contributed by atoms with Gasteiger partial charge in [0.2, 0.25) is 0 Å². The van der Waals surface area contributed by atoms with E-state index in [0.29, 0.717) is 17.7 Å². The molecule has 6 nitrogen and oxygen atoms in total. The van der Waals surface area contributed by atoms with Gasteiger partial charge in [0.25, 0.3) is 5.91 Å². The number of carbonyl (C=O) groups is 1. The molecule has 0 fully saturated rings. The smallest absolute Gasteiger partial charge is 0.258 e. The van der Waals surface area contributed by atoms with Gasteiger partial charge in [0.15, 0.2) is 12.0 Å². The molecule has 2 heterocycles. The first kappa shape index (κ1) is 14.5. The summed E-state index contributed by atoms with van der Waals surface area (Å²) < 4.78 is 14.2. The molecule has 1 aromatic heterocycles. The minimum Gasteiger partial charge on any atom is -0.387 e. The van der Waals surface area contributed by atoms with Crippen LogP contribution in [0.5, 0.6) is 0 Å². The maximum atomic E-state index is 12.6. The minimum atomic E-state index is -0.705. The van der Waals surface area contributed by atoms with Crippen LogP contribution in [0.15, 0.2) is 17.3 Å². The predicted molar refractivity (Wildman–Crippen MR) is 72.8 cm³/mol. The lowest BCUT2D eigenvalue weighted by molar-refractivity contribution is -0.126. The van der Waals surface area contributed by atoms with Gasteiger partial charge in [-0.05, 0) is 12.5 Å². The Balaban J connectivity index is 2.36. The number of nitrogens with two attached hydrogens (primary N) is 1. The number of aromatic nitrogens is 1. The Hall–Kier alpha value is -1.89. The van der Waals surface area contributed by atoms with Crippen LogP contribution in [-0.2, 0) is 11.3 Å². The third-order valence-corrected chi connectivity index (χ3v) is 3.49. The molecule has 0 spiro atoms. The number of hydrogen-bond acceptors (Lipinski definition) is 4. The quantitative estimate of drug-likeness (QED) is 0.835. The number of aliphatic hydroxyl groups is 1. The van der Waals surface area contributed by atoms with Crippen molar-refractivity contribution >= 4 is 11.9 Å². The van der Waals surface area contributed by atoms with Gasteiger partial charge in [0.05, 0.1) is 12.6 Å². The zero-order valence-electron chi connectivity index (χ0n) is 11.6. The van der Waals surface area contributed by atoms with E-state index in [1.807, 2.05) is 6.92 Å². The normalized spacial score (nSPS) is 20.4. The lowest BCUT2D eigenvalue weighted by Crippen LogP contribution is -2.34. The molecule has 0 radical (unpaired) electrons. The number of guanidine groups is 1. The molecule has 1 aliphatic heterocycles. The van der Waals surface area contributed by atoms with E-state index in [4.69, 9.17) is 5.73 Å². The van der Waals surface area contributed by atoms with E-state index in [1.165, 1.54) is 4.90 Å². The molecule has 110 valence electrons. The highest BCUT2D eigenvalue weighted by atomic mass is 19.1. The number of rotatable bonds is 5. The fraction of sp³-hybridized carbons (Fsp3) is 0.538. The molecule has 3 N–H and O–H groups in total. The summed E-state index contributed by atoms with van der Waals surface area (Å²) in [5, 5.41) is 9.96. The van der Waals surface area contributed by atoms with Crippen LogP contribution < -0.4 is 5.73 Å². The number of aliphatic hydroxyl groups excluding tert-OH is 1. The second-order valence-electron chi connectivity index (χ2n) is 4.79. The van der Waals surface area contributed by atoms with Gasteiger partial charge in [-0.1, -0.05) is 6.92 Å². The van der Waals surface area contributed by atoms with Crippen molar-refractivity contribution < 1.29 is 14.3 Å². The molecule has 7 heteroatoms. The molecule has 0 aromatic carbocycles. The average molecular weight is 282 g/mol. The van der Waals surface area contributed by atoms with Gasteiger partial charge < -0.3 is 15.4 Å². The SMILES string of the molecule is CCC(O)c1cc([C@H]2N=C(N)N(C)C2=O)cn1CCF. The van der Waals surface area contributed by atoms with E-state index in [2.05, 4.69) is 4.99 Å². The van der Waals surface area contributed by atoms with E-state index in [1.54, 1.807) is 23.9 Å². The van der Waals surface area contributed by atoms with E-state index < -0.39 is 18.8 Å². The third kappa shape index (κ3) is 2.40. The zero-order chi connectivity index (χ0) is 14.9. The average Bonchev–Trinajstić information content (AvgIpc) is 2.95. The molecule has 1 amide bonds. The first-order valence-corrected chi connectivity index (χ1v) is 6.54. The Bertz CT molecular complexity index is 540. The molecule has 0 aliphatic carbocycles. The van der Waals surface area contributed by atoms with Crippen LogP contribution in [0, 0.1) is 0 Å². The van der Waals surface area contributed by atoms with Gasteiger partial charge in [-0.2, -0.15) is 0 Å². The van der Waals surface area contributed by atoms with Crippen LogP contribution in [0.3, 0.4) is 0 Å². The Labute approximate surface area is 116 Å². The minimum absolute atomic E-state index is 0.141. The fourth-order valence-corrected chi connectivity index (χ4v) is 2.26. The molecule has 0 bridgehead atoms. The lowest BCUT2D eigenvalue weighted by atomic mass is 10.1. The second kappa shape index (κ2) is 5.62. The van der Waals surface area contributed by atoms with Gasteiger partial charge in [0, 0.05) is 24.5 Å². The van der Waals surface area contributed by atoms with Crippen LogP contribution >= 0.6 is 0 Å². The van der Waals surface area contributed by atoms with Gasteiger partial charge in [-0.15, -0.1) is 0 Å². The summed E-state index contributed by atoms with van der Waals surface area (Å²) in [7, 11) is 1.56. The van der Waals surface area contributed by atoms with Crippen molar-refractivity contribution in [3.63, 3.8) is 0 Å². The molecule has 20 heavy (non-hydrogen) atoms. The van der Waals surface area contributed by atoms with Crippen molar-refractivity contribution in [2.75, 3.05) is 13.7 Å². The largest absolute Gasteiger partial charge is 0.387 e. The summed E-state index contributed by atoms with van der Waals surface area (Å²) in [6.45, 7) is 1.44. The first-order valence-electron chi connectivity index (χ1n) is 6.54. The van der Waals surface area contributed by atoms with Crippen molar-refractivity contribution in [1.29, 1.82) is 0 Å². The molecule has 0 saturated carbocycles. The molecule has 1 aliphatic rings. The highest BCUT2D eigenvalue weighted by Crippen LogP contribution is 2.29. The number of likely N-dealkylation sites (N-methyl/N-ethyl adjacent to an activating group) is 1. The number of carbonyl (C=O) groups excluding carboxylic acids is 1. The molecule has 0 saturated heterocycles. The second-order valence-corrected chi connectivity index (χ2v) is 4.79. The van der Waals surface area contributed by atoms with Crippen LogP contribution in [0.4, 0.5) is 4.39 Å². The highest BCUT2D eigenvalue weighted by molar-refractivity contribution is 6.04. The summed E-state index contributed by atoms with van der Waals surface area (Å²) in [5.41, 5.74) is 6.84. The summed E-state index contributed by atoms with van der Waals surface area (Å²) in [6, 6.07) is 0.992. The van der Waals surface area contributed by atoms with Crippen LogP contribution in [0.1, 0.15) is 36.7 Å². The van der Waals surface area contributed by atoms with E-state index in [0.717, 1.165) is 0 Å². The highest BCUT2D eigenvalue weighted by Gasteiger charge is 2.33. The lowest BCUT2D eigenvalue weighted by Gasteiger charge is -2.11. The Morgan fingerprint density at radius 2 is 2.30 bits per heavy atom. The van der Waals surface area contributed by atoms with Crippen molar-refractivity contribution in [2.45, 2.75) is 32.0 Å². The van der Waals surface area contributed by atoms with Crippen molar-refractivity contribution in [1.82, 2.24) is 9.47 Å². The number of aliphatic imine (C=N–C) groups is 1. The summed E-state index contributed by atoms with van der Waals surface area (Å²) in [5.74, 6) is -0.0618. The van der Waals surface area contributed by atoms with Crippen LogP contribution in [0.25, 0.3) is 0 Å².